The summed E-state index contributed by atoms with van der Waals surface area (Å²) in [5, 5.41) is 0. The number of nitrogens with two attached hydrogens (primary N) is 1. The summed E-state index contributed by atoms with van der Waals surface area (Å²) < 4.78 is 18.1. The predicted molar refractivity (Wildman–Crippen MR) is 64.3 cm³/mol. The van der Waals surface area contributed by atoms with Crippen molar-refractivity contribution in [1.29, 1.82) is 0 Å². The Hall–Kier alpha value is -1.62. The topological polar surface area (TPSA) is 55.6 Å². The lowest BCUT2D eigenvalue weighted by Crippen LogP contribution is -2.16. The Bertz CT molecular complexity index is 394. The van der Waals surface area contributed by atoms with Gasteiger partial charge in [-0.15, -0.1) is 0 Å². The molecule has 0 bridgehead atoms. The van der Waals surface area contributed by atoms with Crippen LogP contribution in [0, 0.1) is 5.82 Å². The monoisotopic (exact) mass is 240 g/mol. The van der Waals surface area contributed by atoms with Crippen LogP contribution in [0.2, 0.25) is 0 Å². The van der Waals surface area contributed by atoms with Gasteiger partial charge >= 0.3 is 5.97 Å². The molecular weight excluding hydrogens is 223 g/mol. The van der Waals surface area contributed by atoms with Crippen molar-refractivity contribution in [2.75, 3.05) is 33.0 Å². The van der Waals surface area contributed by atoms with Crippen LogP contribution in [0.15, 0.2) is 18.2 Å². The number of hydrogen-bond acceptors (Lipinski definition) is 4. The second-order valence-corrected chi connectivity index (χ2v) is 4.03. The molecule has 4 nitrogen and oxygen atoms in total. The van der Waals surface area contributed by atoms with Gasteiger partial charge in [-0.3, -0.25) is 0 Å². The molecule has 0 radical (unpaired) electrons. The van der Waals surface area contributed by atoms with Crippen LogP contribution in [-0.2, 0) is 4.74 Å². The van der Waals surface area contributed by atoms with Gasteiger partial charge in [-0.25, -0.2) is 9.18 Å². The minimum Gasteiger partial charge on any atom is -0.462 e. The van der Waals surface area contributed by atoms with E-state index in [4.69, 9.17) is 10.5 Å². The molecule has 0 fully saturated rings. The Morgan fingerprint density at radius 1 is 1.47 bits per heavy atom. The number of nitrogen functional groups attached to an aromatic ring is 1. The van der Waals surface area contributed by atoms with Crippen molar-refractivity contribution in [2.45, 2.75) is 6.42 Å². The Labute approximate surface area is 100 Å². The van der Waals surface area contributed by atoms with E-state index in [0.717, 1.165) is 19.0 Å². The number of esters is 1. The van der Waals surface area contributed by atoms with Crippen LogP contribution in [-0.4, -0.2) is 38.1 Å². The number of ether oxygens (including phenoxy) is 1. The first-order chi connectivity index (χ1) is 8.00. The maximum atomic E-state index is 13.1. The molecule has 0 heterocycles. The van der Waals surface area contributed by atoms with E-state index in [0.29, 0.717) is 6.61 Å². The van der Waals surface area contributed by atoms with Crippen LogP contribution in [0.4, 0.5) is 10.1 Å². The molecule has 94 valence electrons. The summed E-state index contributed by atoms with van der Waals surface area (Å²) in [7, 11) is 3.88. The van der Waals surface area contributed by atoms with Crippen LogP contribution >= 0.6 is 0 Å². The van der Waals surface area contributed by atoms with Gasteiger partial charge in [-0.2, -0.15) is 0 Å². The summed E-state index contributed by atoms with van der Waals surface area (Å²) in [5.41, 5.74) is 5.52. The maximum Gasteiger partial charge on any atom is 0.338 e. The van der Waals surface area contributed by atoms with Crippen molar-refractivity contribution >= 4 is 11.7 Å². The second-order valence-electron chi connectivity index (χ2n) is 4.03. The quantitative estimate of drug-likeness (QED) is 0.481. The summed E-state index contributed by atoms with van der Waals surface area (Å²) in [5.74, 6) is -1.13. The molecule has 0 aliphatic carbocycles. The number of anilines is 1. The lowest BCUT2D eigenvalue weighted by molar-refractivity contribution is 0.0492. The highest BCUT2D eigenvalue weighted by molar-refractivity contribution is 5.89. The molecule has 0 aromatic heterocycles. The average molecular weight is 240 g/mol. The molecule has 0 atom stereocenters. The third-order valence-electron chi connectivity index (χ3n) is 2.22. The number of rotatable bonds is 5. The molecule has 0 aliphatic heterocycles. The van der Waals surface area contributed by atoms with Crippen LogP contribution in [0.1, 0.15) is 16.8 Å². The molecule has 0 aliphatic rings. The Morgan fingerprint density at radius 2 is 2.18 bits per heavy atom. The average Bonchev–Trinajstić information content (AvgIpc) is 2.27. The fourth-order valence-corrected chi connectivity index (χ4v) is 1.28. The number of carbonyl (C=O) groups is 1. The first-order valence-corrected chi connectivity index (χ1v) is 5.37. The second kappa shape index (κ2) is 6.20. The van der Waals surface area contributed by atoms with Gasteiger partial charge in [0.05, 0.1) is 17.9 Å². The van der Waals surface area contributed by atoms with Gasteiger partial charge in [0.1, 0.15) is 5.82 Å². The van der Waals surface area contributed by atoms with Crippen LogP contribution < -0.4 is 5.73 Å². The van der Waals surface area contributed by atoms with Gasteiger partial charge in [-0.05, 0) is 38.7 Å². The number of nitrogens with zero attached hydrogens (tertiary/aromatic N) is 1. The molecule has 17 heavy (non-hydrogen) atoms. The van der Waals surface area contributed by atoms with Gasteiger partial charge in [0.2, 0.25) is 0 Å². The summed E-state index contributed by atoms with van der Waals surface area (Å²) >= 11 is 0. The number of halogens is 1. The molecule has 0 saturated carbocycles. The fraction of sp³-hybridized carbons (Fsp3) is 0.417. The predicted octanol–water partition coefficient (Wildman–Crippen LogP) is 1.52. The van der Waals surface area contributed by atoms with Crippen molar-refractivity contribution in [3.05, 3.63) is 29.6 Å². The lowest BCUT2D eigenvalue weighted by Gasteiger charge is -2.09. The first kappa shape index (κ1) is 13.4. The van der Waals surface area contributed by atoms with Gasteiger partial charge in [0, 0.05) is 6.54 Å². The molecule has 1 rings (SSSR count). The van der Waals surface area contributed by atoms with E-state index in [1.165, 1.54) is 12.1 Å². The van der Waals surface area contributed by atoms with Crippen LogP contribution in [0.5, 0.6) is 0 Å². The Kier molecular flexibility index (Phi) is 4.90. The highest BCUT2D eigenvalue weighted by Gasteiger charge is 2.09. The SMILES string of the molecule is CN(C)CCCOC(=O)c1ccc(N)c(F)c1. The zero-order chi connectivity index (χ0) is 12.8. The Morgan fingerprint density at radius 3 is 2.76 bits per heavy atom. The summed E-state index contributed by atoms with van der Waals surface area (Å²) in [6.45, 7) is 1.16. The van der Waals surface area contributed by atoms with Gasteiger partial charge in [0.15, 0.2) is 0 Å². The van der Waals surface area contributed by atoms with Crippen LogP contribution in [0.25, 0.3) is 0 Å². The van der Waals surface area contributed by atoms with Gasteiger partial charge in [-0.1, -0.05) is 0 Å². The molecule has 0 unspecified atom stereocenters. The van der Waals surface area contributed by atoms with E-state index in [1.807, 2.05) is 19.0 Å². The summed E-state index contributed by atoms with van der Waals surface area (Å²) in [6.07, 6.45) is 0.746. The van der Waals surface area contributed by atoms with Gasteiger partial charge < -0.3 is 15.4 Å². The number of carbonyl (C=O) groups excluding carboxylic acids is 1. The minimum atomic E-state index is -0.604. The number of benzene rings is 1. The lowest BCUT2D eigenvalue weighted by atomic mass is 10.2. The smallest absolute Gasteiger partial charge is 0.338 e. The third kappa shape index (κ3) is 4.40. The minimum absolute atomic E-state index is 0.0224. The molecule has 0 saturated heterocycles. The molecule has 1 aromatic carbocycles. The van der Waals surface area contributed by atoms with Gasteiger partial charge in [0.25, 0.3) is 0 Å². The fourth-order valence-electron chi connectivity index (χ4n) is 1.28. The molecule has 2 N–H and O–H groups in total. The number of hydrogen-bond donors (Lipinski definition) is 1. The van der Waals surface area contributed by atoms with E-state index >= 15 is 0 Å². The third-order valence-corrected chi connectivity index (χ3v) is 2.22. The molecular formula is C12H17FN2O2. The standard InChI is InChI=1S/C12H17FN2O2/c1-15(2)6-3-7-17-12(16)9-4-5-11(14)10(13)8-9/h4-5,8H,3,6-7,14H2,1-2H3. The van der Waals surface area contributed by atoms with E-state index < -0.39 is 11.8 Å². The van der Waals surface area contributed by atoms with Crippen LogP contribution in [0.3, 0.4) is 0 Å². The summed E-state index contributed by atoms with van der Waals surface area (Å²) in [6, 6.07) is 3.89. The van der Waals surface area contributed by atoms with Crippen molar-refractivity contribution in [1.82, 2.24) is 4.90 Å². The van der Waals surface area contributed by atoms with Crippen molar-refractivity contribution in [3.8, 4) is 0 Å². The summed E-state index contributed by atoms with van der Waals surface area (Å²) in [4.78, 5) is 13.5. The van der Waals surface area contributed by atoms with E-state index in [1.54, 1.807) is 0 Å². The molecule has 1 aromatic rings. The highest BCUT2D eigenvalue weighted by Crippen LogP contribution is 2.12. The Balaban J connectivity index is 2.44. The van der Waals surface area contributed by atoms with Crippen molar-refractivity contribution < 1.29 is 13.9 Å². The molecule has 5 heteroatoms. The van der Waals surface area contributed by atoms with E-state index in [2.05, 4.69) is 0 Å². The molecule has 0 amide bonds. The first-order valence-electron chi connectivity index (χ1n) is 5.37. The van der Waals surface area contributed by atoms with Crippen molar-refractivity contribution in [2.24, 2.45) is 0 Å². The van der Waals surface area contributed by atoms with E-state index in [-0.39, 0.29) is 11.3 Å². The highest BCUT2D eigenvalue weighted by atomic mass is 19.1. The van der Waals surface area contributed by atoms with Crippen molar-refractivity contribution in [3.63, 3.8) is 0 Å². The zero-order valence-corrected chi connectivity index (χ0v) is 10.1. The maximum absolute atomic E-state index is 13.1. The van der Waals surface area contributed by atoms with E-state index in [9.17, 15) is 9.18 Å². The molecule has 0 spiro atoms. The normalized spacial score (nSPS) is 10.6. The zero-order valence-electron chi connectivity index (χ0n) is 10.1. The largest absolute Gasteiger partial charge is 0.462 e.